The molecule has 0 aromatic heterocycles. The number of amides is 4. The van der Waals surface area contributed by atoms with E-state index in [2.05, 4.69) is 21.3 Å². The van der Waals surface area contributed by atoms with Crippen molar-refractivity contribution in [3.63, 3.8) is 0 Å². The highest BCUT2D eigenvalue weighted by atomic mass is 32.2. The first kappa shape index (κ1) is 25.5. The SMILES string of the molecule is O=C(CCCCC1SCC2NC(=O)NC21)NCCNC(=O)COC1=CC(=O)c2c(O)cccc2C1=O. The van der Waals surface area contributed by atoms with Crippen molar-refractivity contribution in [1.29, 1.82) is 0 Å². The van der Waals surface area contributed by atoms with Gasteiger partial charge in [-0.3, -0.25) is 19.2 Å². The fraction of sp³-hybridized carbons (Fsp3) is 0.458. The normalized spacial score (nSPS) is 22.2. The summed E-state index contributed by atoms with van der Waals surface area (Å²) in [5.74, 6) is -1.41. The molecule has 2 aliphatic heterocycles. The van der Waals surface area contributed by atoms with Crippen molar-refractivity contribution in [3.8, 4) is 5.75 Å². The first-order valence-corrected chi connectivity index (χ1v) is 12.9. The second-order valence-corrected chi connectivity index (χ2v) is 10.0. The van der Waals surface area contributed by atoms with E-state index in [1.807, 2.05) is 11.8 Å². The lowest BCUT2D eigenvalue weighted by Gasteiger charge is -2.16. The van der Waals surface area contributed by atoms with Crippen molar-refractivity contribution in [1.82, 2.24) is 21.3 Å². The summed E-state index contributed by atoms with van der Waals surface area (Å²) in [6.07, 6.45) is 3.91. The topological polar surface area (TPSA) is 163 Å². The quantitative estimate of drug-likeness (QED) is 0.211. The summed E-state index contributed by atoms with van der Waals surface area (Å²) in [7, 11) is 0. The second-order valence-electron chi connectivity index (χ2n) is 8.76. The molecule has 1 aliphatic carbocycles. The monoisotopic (exact) mass is 516 g/mol. The first-order chi connectivity index (χ1) is 17.3. The summed E-state index contributed by atoms with van der Waals surface area (Å²) in [5.41, 5.74) is -0.0603. The summed E-state index contributed by atoms with van der Waals surface area (Å²) in [4.78, 5) is 60.1. The van der Waals surface area contributed by atoms with Crippen LogP contribution in [-0.4, -0.2) is 77.3 Å². The van der Waals surface area contributed by atoms with Gasteiger partial charge in [-0.1, -0.05) is 12.5 Å². The summed E-state index contributed by atoms with van der Waals surface area (Å²) < 4.78 is 5.22. The zero-order chi connectivity index (χ0) is 25.7. The molecule has 2 fully saturated rings. The van der Waals surface area contributed by atoms with Crippen LogP contribution in [0, 0.1) is 0 Å². The number of aromatic hydroxyl groups is 1. The average Bonchev–Trinajstić information content (AvgIpc) is 3.40. The molecule has 5 N–H and O–H groups in total. The number of carbonyl (C=O) groups excluding carboxylic acids is 5. The number of hydrogen-bond acceptors (Lipinski definition) is 8. The smallest absolute Gasteiger partial charge is 0.315 e. The fourth-order valence-corrected chi connectivity index (χ4v) is 5.99. The number of allylic oxidation sites excluding steroid dienone is 2. The molecule has 1 aromatic carbocycles. The van der Waals surface area contributed by atoms with Crippen LogP contribution in [0.5, 0.6) is 5.75 Å². The van der Waals surface area contributed by atoms with Crippen molar-refractivity contribution in [2.75, 3.05) is 25.4 Å². The number of urea groups is 1. The van der Waals surface area contributed by atoms with Gasteiger partial charge in [0.2, 0.25) is 11.7 Å². The van der Waals surface area contributed by atoms with Gasteiger partial charge in [-0.15, -0.1) is 0 Å². The highest BCUT2D eigenvalue weighted by Crippen LogP contribution is 2.33. The molecule has 2 saturated heterocycles. The molecule has 0 bridgehead atoms. The van der Waals surface area contributed by atoms with Gasteiger partial charge in [0.15, 0.2) is 18.1 Å². The number of rotatable bonds is 11. The lowest BCUT2D eigenvalue weighted by Crippen LogP contribution is -2.37. The molecule has 4 amide bonds. The largest absolute Gasteiger partial charge is 0.507 e. The van der Waals surface area contributed by atoms with E-state index in [9.17, 15) is 29.1 Å². The molecule has 4 rings (SSSR count). The molecular formula is C24H28N4O7S. The van der Waals surface area contributed by atoms with Crippen LogP contribution in [0.25, 0.3) is 0 Å². The number of Topliss-reactive ketones (excluding diaryl/α,β-unsaturated/α-hetero) is 1. The number of unbranched alkanes of at least 4 members (excludes halogenated alkanes) is 1. The first-order valence-electron chi connectivity index (χ1n) is 11.8. The number of carbonyl (C=O) groups is 5. The Labute approximate surface area is 211 Å². The molecule has 1 aromatic rings. The van der Waals surface area contributed by atoms with E-state index in [0.717, 1.165) is 31.1 Å². The zero-order valence-corrected chi connectivity index (χ0v) is 20.3. The van der Waals surface area contributed by atoms with Gasteiger partial charge in [-0.25, -0.2) is 4.79 Å². The van der Waals surface area contributed by atoms with E-state index >= 15 is 0 Å². The van der Waals surface area contributed by atoms with Gasteiger partial charge in [0.1, 0.15) is 5.75 Å². The van der Waals surface area contributed by atoms with Crippen molar-refractivity contribution in [3.05, 3.63) is 41.2 Å². The maximum Gasteiger partial charge on any atom is 0.315 e. The van der Waals surface area contributed by atoms with Crippen LogP contribution >= 0.6 is 11.8 Å². The molecule has 3 atom stereocenters. The molecule has 0 spiro atoms. The number of benzene rings is 1. The summed E-state index contributed by atoms with van der Waals surface area (Å²) in [6, 6.07) is 4.43. The number of ether oxygens (including phenoxy) is 1. The van der Waals surface area contributed by atoms with E-state index in [0.29, 0.717) is 11.7 Å². The molecule has 192 valence electrons. The van der Waals surface area contributed by atoms with Crippen molar-refractivity contribution in [2.45, 2.75) is 43.0 Å². The Bertz CT molecular complexity index is 1110. The Morgan fingerprint density at radius 3 is 2.67 bits per heavy atom. The van der Waals surface area contributed by atoms with Crippen molar-refractivity contribution >= 4 is 41.2 Å². The predicted octanol–water partition coefficient (Wildman–Crippen LogP) is 0.630. The van der Waals surface area contributed by atoms with Gasteiger partial charge in [0.25, 0.3) is 5.91 Å². The van der Waals surface area contributed by atoms with Crippen LogP contribution < -0.4 is 21.3 Å². The fourth-order valence-electron chi connectivity index (χ4n) is 4.45. The molecule has 0 radical (unpaired) electrons. The Morgan fingerprint density at radius 2 is 1.86 bits per heavy atom. The maximum atomic E-state index is 12.5. The Morgan fingerprint density at radius 1 is 1.08 bits per heavy atom. The minimum Gasteiger partial charge on any atom is -0.507 e. The number of hydrogen-bond donors (Lipinski definition) is 5. The third kappa shape index (κ3) is 5.99. The van der Waals surface area contributed by atoms with Crippen LogP contribution in [0.15, 0.2) is 30.0 Å². The van der Waals surface area contributed by atoms with Crippen LogP contribution in [0.3, 0.4) is 0 Å². The van der Waals surface area contributed by atoms with E-state index < -0.39 is 24.1 Å². The van der Waals surface area contributed by atoms with E-state index in [1.165, 1.54) is 18.2 Å². The maximum absolute atomic E-state index is 12.5. The van der Waals surface area contributed by atoms with Gasteiger partial charge in [-0.05, 0) is 25.0 Å². The third-order valence-corrected chi connectivity index (χ3v) is 7.74. The number of phenols is 1. The zero-order valence-electron chi connectivity index (χ0n) is 19.5. The van der Waals surface area contributed by atoms with Crippen molar-refractivity contribution in [2.24, 2.45) is 0 Å². The van der Waals surface area contributed by atoms with Gasteiger partial charge in [0.05, 0.1) is 17.6 Å². The van der Waals surface area contributed by atoms with E-state index in [-0.39, 0.29) is 59.7 Å². The van der Waals surface area contributed by atoms with Crippen molar-refractivity contribution < 1.29 is 33.8 Å². The van der Waals surface area contributed by atoms with Crippen LogP contribution in [0.1, 0.15) is 46.4 Å². The Kier molecular flexibility index (Phi) is 8.14. The molecule has 3 aliphatic rings. The van der Waals surface area contributed by atoms with E-state index in [1.54, 1.807) is 0 Å². The van der Waals surface area contributed by atoms with E-state index in [4.69, 9.17) is 4.74 Å². The van der Waals surface area contributed by atoms with Crippen LogP contribution in [0.4, 0.5) is 4.79 Å². The van der Waals surface area contributed by atoms with Gasteiger partial charge in [-0.2, -0.15) is 11.8 Å². The lowest BCUT2D eigenvalue weighted by atomic mass is 9.93. The van der Waals surface area contributed by atoms with Gasteiger partial charge in [0, 0.05) is 42.2 Å². The highest BCUT2D eigenvalue weighted by molar-refractivity contribution is 8.00. The number of ketones is 2. The molecule has 0 saturated carbocycles. The lowest BCUT2D eigenvalue weighted by molar-refractivity contribution is -0.125. The molecule has 3 unspecified atom stereocenters. The summed E-state index contributed by atoms with van der Waals surface area (Å²) >= 11 is 1.85. The minimum absolute atomic E-state index is 0.0223. The molecule has 11 nitrogen and oxygen atoms in total. The number of phenolic OH excluding ortho intramolecular Hbond substituents is 1. The second kappa shape index (κ2) is 11.5. The average molecular weight is 517 g/mol. The van der Waals surface area contributed by atoms with Gasteiger partial charge >= 0.3 is 6.03 Å². The highest BCUT2D eigenvalue weighted by Gasteiger charge is 2.42. The molecule has 2 heterocycles. The Balaban J connectivity index is 1.07. The minimum atomic E-state index is -0.587. The number of fused-ring (bicyclic) bond motifs is 2. The summed E-state index contributed by atoms with van der Waals surface area (Å²) in [5, 5.41) is 21.4. The summed E-state index contributed by atoms with van der Waals surface area (Å²) in [6.45, 7) is -0.0354. The third-order valence-electron chi connectivity index (χ3n) is 6.23. The van der Waals surface area contributed by atoms with Gasteiger partial charge < -0.3 is 31.1 Å². The predicted molar refractivity (Wildman–Crippen MR) is 131 cm³/mol. The number of nitrogens with one attached hydrogen (secondary N) is 4. The standard InChI is InChI=1S/C24H28N4O7S/c29-15-5-3-4-13-21(15)16(30)10-17(23(13)33)35-11-20(32)26-9-8-25-19(31)7-2-1-6-18-22-14(12-36-18)27-24(34)28-22/h3-5,10,14,18,22,29H,1-2,6-9,11-12H2,(H,25,31)(H,26,32)(H2,27,28,34). The molecular weight excluding hydrogens is 488 g/mol. The van der Waals surface area contributed by atoms with Crippen LogP contribution in [0.2, 0.25) is 0 Å². The number of thioether (sulfide) groups is 1. The molecule has 12 heteroatoms. The molecule has 36 heavy (non-hydrogen) atoms. The van der Waals surface area contributed by atoms with Crippen LogP contribution in [-0.2, 0) is 14.3 Å². The Hall–Kier alpha value is -3.54.